The van der Waals surface area contributed by atoms with Gasteiger partial charge in [0.25, 0.3) is 0 Å². The van der Waals surface area contributed by atoms with E-state index < -0.39 is 0 Å². The summed E-state index contributed by atoms with van der Waals surface area (Å²) in [5, 5.41) is 0. The summed E-state index contributed by atoms with van der Waals surface area (Å²) in [4.78, 5) is 4.37. The van der Waals surface area contributed by atoms with E-state index >= 15 is 0 Å². The molecule has 0 saturated heterocycles. The summed E-state index contributed by atoms with van der Waals surface area (Å²) in [5.74, 6) is 0.767. The quantitative estimate of drug-likeness (QED) is 0.616. The van der Waals surface area contributed by atoms with E-state index in [0.29, 0.717) is 0 Å². The van der Waals surface area contributed by atoms with Crippen molar-refractivity contribution in [2.24, 2.45) is 0 Å². The van der Waals surface area contributed by atoms with E-state index in [2.05, 4.69) is 35.2 Å². The third-order valence-corrected chi connectivity index (χ3v) is 4.06. The Balaban J connectivity index is 1.72. The molecule has 3 rings (SSSR count). The van der Waals surface area contributed by atoms with Crippen molar-refractivity contribution in [3.05, 3.63) is 70.6 Å². The molecule has 0 unspecified atom stereocenters. The van der Waals surface area contributed by atoms with Gasteiger partial charge in [-0.2, -0.15) is 0 Å². The molecule has 20 heavy (non-hydrogen) atoms. The normalized spacial score (nSPS) is 15.4. The summed E-state index contributed by atoms with van der Waals surface area (Å²) >= 11 is 0. The average Bonchev–Trinajstić information content (AvgIpc) is 2.55. The van der Waals surface area contributed by atoms with Crippen LogP contribution in [-0.2, 0) is 0 Å². The van der Waals surface area contributed by atoms with Gasteiger partial charge in [-0.15, -0.1) is 0 Å². The molecule has 1 nitrogen and oxygen atoms in total. The molecule has 1 heteroatoms. The largest absolute Gasteiger partial charge is 0.340 e. The lowest BCUT2D eigenvalue weighted by Crippen LogP contribution is -2.04. The van der Waals surface area contributed by atoms with Crippen molar-refractivity contribution >= 4 is 5.69 Å². The van der Waals surface area contributed by atoms with Crippen LogP contribution >= 0.6 is 0 Å². The fourth-order valence-electron chi connectivity index (χ4n) is 2.90. The predicted molar refractivity (Wildman–Crippen MR) is 84.7 cm³/mol. The van der Waals surface area contributed by atoms with Crippen LogP contribution in [0, 0.1) is 6.07 Å². The lowest BCUT2D eigenvalue weighted by atomic mass is 9.84. The monoisotopic (exact) mass is 262 g/mol. The summed E-state index contributed by atoms with van der Waals surface area (Å²) in [6.07, 6.45) is 6.87. The van der Waals surface area contributed by atoms with Crippen molar-refractivity contribution < 1.29 is 0 Å². The first-order valence-corrected chi connectivity index (χ1v) is 7.53. The first-order valence-electron chi connectivity index (χ1n) is 7.53. The molecule has 0 amide bonds. The van der Waals surface area contributed by atoms with E-state index in [1.54, 1.807) is 0 Å². The van der Waals surface area contributed by atoms with Crippen molar-refractivity contribution in [2.45, 2.75) is 38.0 Å². The Bertz CT molecular complexity index is 596. The Labute approximate surface area is 121 Å². The van der Waals surface area contributed by atoms with Gasteiger partial charge >= 0.3 is 11.8 Å². The predicted octanol–water partition coefficient (Wildman–Crippen LogP) is 5.75. The second-order valence-electron chi connectivity index (χ2n) is 5.52. The molecule has 0 heterocycles. The third kappa shape index (κ3) is 3.27. The van der Waals surface area contributed by atoms with E-state index in [0.717, 1.165) is 17.2 Å². The standard InChI is InChI=1S/C19H20N/c1-3-7-17(8-4-1)18-13-11-16(12-14-18)15-20-19-9-5-2-6-10-19/h2,5-6,9-14,17H,1,3-4,7-8H2/q+1. The zero-order valence-electron chi connectivity index (χ0n) is 11.8. The molecule has 1 aliphatic carbocycles. The van der Waals surface area contributed by atoms with Crippen LogP contribution in [0.25, 0.3) is 4.85 Å². The molecule has 0 N–H and O–H groups in total. The van der Waals surface area contributed by atoms with Crippen LogP contribution in [0.5, 0.6) is 0 Å². The number of para-hydroxylation sites is 1. The summed E-state index contributed by atoms with van der Waals surface area (Å²) < 4.78 is 0. The molecule has 0 spiro atoms. The third-order valence-electron chi connectivity index (χ3n) is 4.06. The maximum atomic E-state index is 4.37. The molecule has 0 aromatic heterocycles. The van der Waals surface area contributed by atoms with E-state index in [1.165, 1.54) is 37.7 Å². The highest BCUT2D eigenvalue weighted by Crippen LogP contribution is 2.32. The summed E-state index contributed by atoms with van der Waals surface area (Å²) in [7, 11) is 0. The van der Waals surface area contributed by atoms with Gasteiger partial charge in [0.05, 0.1) is 0 Å². The Hall–Kier alpha value is -2.07. The Kier molecular flexibility index (Phi) is 4.13. The molecule has 1 aliphatic rings. The van der Waals surface area contributed by atoms with Gasteiger partial charge in [0.15, 0.2) is 0 Å². The lowest BCUT2D eigenvalue weighted by Gasteiger charge is -2.21. The van der Waals surface area contributed by atoms with Gasteiger partial charge in [-0.3, -0.25) is 0 Å². The molecule has 2 aromatic rings. The smallest absolute Gasteiger partial charge is 0.0617 e. The minimum atomic E-state index is 0.767. The van der Waals surface area contributed by atoms with Crippen LogP contribution in [0.2, 0.25) is 0 Å². The average molecular weight is 262 g/mol. The number of nitrogens with zero attached hydrogens (tertiary/aromatic N) is 1. The fourth-order valence-corrected chi connectivity index (χ4v) is 2.90. The van der Waals surface area contributed by atoms with Gasteiger partial charge in [-0.05, 0) is 41.3 Å². The van der Waals surface area contributed by atoms with Crippen LogP contribution in [0.4, 0.5) is 5.69 Å². The van der Waals surface area contributed by atoms with E-state index in [9.17, 15) is 0 Å². The molecule has 1 fully saturated rings. The molecular weight excluding hydrogens is 242 g/mol. The van der Waals surface area contributed by atoms with Crippen molar-refractivity contribution in [1.29, 1.82) is 0 Å². The van der Waals surface area contributed by atoms with Crippen molar-refractivity contribution in [1.82, 2.24) is 0 Å². The van der Waals surface area contributed by atoms with Gasteiger partial charge in [0.2, 0.25) is 0 Å². The maximum absolute atomic E-state index is 4.37. The summed E-state index contributed by atoms with van der Waals surface area (Å²) in [6.45, 7) is 0. The number of hydrogen-bond acceptors (Lipinski definition) is 0. The van der Waals surface area contributed by atoms with Gasteiger partial charge in [-0.25, -0.2) is 0 Å². The Morgan fingerprint density at radius 2 is 1.50 bits per heavy atom. The van der Waals surface area contributed by atoms with Crippen molar-refractivity contribution in [3.63, 3.8) is 0 Å². The van der Waals surface area contributed by atoms with Crippen LogP contribution in [0.15, 0.2) is 54.6 Å². The molecule has 2 aromatic carbocycles. The van der Waals surface area contributed by atoms with Crippen LogP contribution < -0.4 is 0 Å². The van der Waals surface area contributed by atoms with Crippen molar-refractivity contribution in [3.8, 4) is 6.07 Å². The SMILES string of the molecule is C(#[N+]c1ccccc1)c1ccc(C2CCCCC2)cc1. The minimum Gasteiger partial charge on any atom is -0.0617 e. The molecule has 0 atom stereocenters. The molecule has 0 radical (unpaired) electrons. The van der Waals surface area contributed by atoms with Crippen LogP contribution in [-0.4, -0.2) is 0 Å². The highest BCUT2D eigenvalue weighted by Gasteiger charge is 2.15. The van der Waals surface area contributed by atoms with Gasteiger partial charge in [0.1, 0.15) is 5.56 Å². The Morgan fingerprint density at radius 1 is 0.800 bits per heavy atom. The van der Waals surface area contributed by atoms with E-state index in [1.807, 2.05) is 30.3 Å². The van der Waals surface area contributed by atoms with Gasteiger partial charge < -0.3 is 0 Å². The van der Waals surface area contributed by atoms with E-state index in [-0.39, 0.29) is 0 Å². The fraction of sp³-hybridized carbons (Fsp3) is 0.316. The molecule has 0 bridgehead atoms. The number of rotatable bonds is 1. The number of benzene rings is 2. The zero-order valence-corrected chi connectivity index (χ0v) is 11.8. The summed E-state index contributed by atoms with van der Waals surface area (Å²) in [5.41, 5.74) is 3.48. The highest BCUT2D eigenvalue weighted by molar-refractivity contribution is 5.48. The van der Waals surface area contributed by atoms with Gasteiger partial charge in [-0.1, -0.05) is 49.6 Å². The first kappa shape index (κ1) is 12.9. The topological polar surface area (TPSA) is 4.36 Å². The number of hydrogen-bond donors (Lipinski definition) is 0. The molecular formula is C19H20N+. The first-order chi connectivity index (χ1) is 9.92. The lowest BCUT2D eigenvalue weighted by molar-refractivity contribution is 0.443. The van der Waals surface area contributed by atoms with Crippen molar-refractivity contribution in [2.75, 3.05) is 0 Å². The van der Waals surface area contributed by atoms with E-state index in [4.69, 9.17) is 0 Å². The zero-order chi connectivity index (χ0) is 13.6. The second kappa shape index (κ2) is 6.39. The highest BCUT2D eigenvalue weighted by atomic mass is 14.6. The van der Waals surface area contributed by atoms with Gasteiger partial charge in [0, 0.05) is 12.1 Å². The molecule has 100 valence electrons. The minimum absolute atomic E-state index is 0.767. The van der Waals surface area contributed by atoms with Crippen LogP contribution in [0.1, 0.15) is 49.1 Å². The molecule has 0 aliphatic heterocycles. The molecule has 1 saturated carbocycles. The van der Waals surface area contributed by atoms with Crippen LogP contribution in [0.3, 0.4) is 0 Å². The maximum Gasteiger partial charge on any atom is 0.340 e. The summed E-state index contributed by atoms with van der Waals surface area (Å²) in [6, 6.07) is 21.8. The Morgan fingerprint density at radius 3 is 2.20 bits per heavy atom. The second-order valence-corrected chi connectivity index (χ2v) is 5.52.